The van der Waals surface area contributed by atoms with Crippen LogP contribution in [0.4, 0.5) is 4.39 Å². The number of halogens is 2. The summed E-state index contributed by atoms with van der Waals surface area (Å²) in [5, 5.41) is 21.3. The van der Waals surface area contributed by atoms with Crippen molar-refractivity contribution < 1.29 is 19.1 Å². The van der Waals surface area contributed by atoms with Gasteiger partial charge in [0.15, 0.2) is 5.72 Å². The van der Waals surface area contributed by atoms with Gasteiger partial charge in [-0.1, -0.05) is 23.7 Å². The Morgan fingerprint density at radius 2 is 1.89 bits per heavy atom. The summed E-state index contributed by atoms with van der Waals surface area (Å²) in [6, 6.07) is 10.1. The molecule has 0 saturated carbocycles. The minimum Gasteiger partial charge on any atom is -0.363 e. The standard InChI is InChI=1S/C25H16ClFN6O3/c1-32-11-20(31-13-32)23(34)15-6-18-22(19(27)7-15)25(36,16-2-4-17(26)5-3-16)33(24(18)35)12-21-29-9-14(8-28)10-30-21/h2-7,9-11,13,36H,12H2,1H3. The predicted molar refractivity (Wildman–Crippen MR) is 124 cm³/mol. The summed E-state index contributed by atoms with van der Waals surface area (Å²) < 4.78 is 17.2. The molecular weight excluding hydrogens is 487 g/mol. The summed E-state index contributed by atoms with van der Waals surface area (Å²) in [6.07, 6.45) is 5.47. The normalized spacial score (nSPS) is 16.6. The molecule has 2 aromatic carbocycles. The summed E-state index contributed by atoms with van der Waals surface area (Å²) in [4.78, 5) is 39.7. The molecule has 178 valence electrons. The zero-order valence-corrected chi connectivity index (χ0v) is 19.4. The summed E-state index contributed by atoms with van der Waals surface area (Å²) in [7, 11) is 1.69. The van der Waals surface area contributed by atoms with Crippen LogP contribution < -0.4 is 0 Å². The van der Waals surface area contributed by atoms with Gasteiger partial charge in [-0.2, -0.15) is 5.26 Å². The Morgan fingerprint density at radius 1 is 1.19 bits per heavy atom. The number of fused-ring (bicyclic) bond motifs is 1. The molecule has 1 amide bonds. The smallest absolute Gasteiger partial charge is 0.257 e. The number of aliphatic hydroxyl groups is 1. The summed E-state index contributed by atoms with van der Waals surface area (Å²) in [6.45, 7) is -0.304. The van der Waals surface area contributed by atoms with Crippen molar-refractivity contribution in [3.8, 4) is 6.07 Å². The van der Waals surface area contributed by atoms with Crippen molar-refractivity contribution in [2.45, 2.75) is 12.3 Å². The summed E-state index contributed by atoms with van der Waals surface area (Å²) in [5.74, 6) is -2.13. The fraction of sp³-hybridized carbons (Fsp3) is 0.120. The fourth-order valence-electron chi connectivity index (χ4n) is 4.17. The molecule has 0 saturated heterocycles. The van der Waals surface area contributed by atoms with Crippen LogP contribution in [0.3, 0.4) is 0 Å². The van der Waals surface area contributed by atoms with Crippen molar-refractivity contribution in [3.05, 3.63) is 111 Å². The molecule has 1 N–H and O–H groups in total. The van der Waals surface area contributed by atoms with Gasteiger partial charge in [0.05, 0.1) is 29.6 Å². The van der Waals surface area contributed by atoms with Crippen LogP contribution in [0.5, 0.6) is 0 Å². The van der Waals surface area contributed by atoms with E-state index in [-0.39, 0.29) is 45.9 Å². The van der Waals surface area contributed by atoms with E-state index in [0.29, 0.717) is 5.02 Å². The second-order valence-corrected chi connectivity index (χ2v) is 8.64. The molecule has 1 aliphatic rings. The van der Waals surface area contributed by atoms with Gasteiger partial charge >= 0.3 is 0 Å². The maximum Gasteiger partial charge on any atom is 0.257 e. The molecule has 0 bridgehead atoms. The molecule has 36 heavy (non-hydrogen) atoms. The number of nitriles is 1. The first-order valence-corrected chi connectivity index (χ1v) is 11.0. The third-order valence-electron chi connectivity index (χ3n) is 5.89. The van der Waals surface area contributed by atoms with Crippen LogP contribution in [-0.2, 0) is 19.3 Å². The lowest BCUT2D eigenvalue weighted by molar-refractivity contribution is -0.0572. The lowest BCUT2D eigenvalue weighted by Crippen LogP contribution is -2.44. The van der Waals surface area contributed by atoms with Crippen LogP contribution in [-0.4, -0.2) is 41.2 Å². The van der Waals surface area contributed by atoms with Crippen LogP contribution in [0, 0.1) is 17.1 Å². The summed E-state index contributed by atoms with van der Waals surface area (Å²) in [5.41, 5.74) is -2.35. The third-order valence-corrected chi connectivity index (χ3v) is 6.14. The van der Waals surface area contributed by atoms with Gasteiger partial charge in [0.1, 0.15) is 23.4 Å². The lowest BCUT2D eigenvalue weighted by Gasteiger charge is -2.34. The Morgan fingerprint density at radius 3 is 2.50 bits per heavy atom. The molecule has 0 fully saturated rings. The Hall–Kier alpha value is -4.46. The van der Waals surface area contributed by atoms with Crippen molar-refractivity contribution >= 4 is 23.3 Å². The van der Waals surface area contributed by atoms with Crippen LogP contribution in [0.1, 0.15) is 48.9 Å². The molecule has 4 aromatic rings. The number of ketones is 1. The van der Waals surface area contributed by atoms with E-state index in [1.54, 1.807) is 11.6 Å². The Bertz CT molecular complexity index is 1560. The van der Waals surface area contributed by atoms with Gasteiger partial charge in [0.2, 0.25) is 5.78 Å². The van der Waals surface area contributed by atoms with E-state index in [1.165, 1.54) is 55.2 Å². The van der Waals surface area contributed by atoms with Gasteiger partial charge in [-0.05, 0) is 24.3 Å². The topological polar surface area (TPSA) is 125 Å². The fourth-order valence-corrected chi connectivity index (χ4v) is 4.30. The largest absolute Gasteiger partial charge is 0.363 e. The Balaban J connectivity index is 1.65. The number of hydrogen-bond donors (Lipinski definition) is 1. The number of imidazole rings is 1. The molecule has 0 spiro atoms. The van der Waals surface area contributed by atoms with Crippen molar-refractivity contribution in [2.75, 3.05) is 0 Å². The number of aryl methyl sites for hydroxylation is 1. The molecule has 0 radical (unpaired) electrons. The number of carbonyl (C=O) groups is 2. The van der Waals surface area contributed by atoms with E-state index in [4.69, 9.17) is 16.9 Å². The van der Waals surface area contributed by atoms with Crippen LogP contribution in [0.15, 0.2) is 61.3 Å². The van der Waals surface area contributed by atoms with Gasteiger partial charge in [0, 0.05) is 41.8 Å². The molecule has 1 unspecified atom stereocenters. The number of carbonyl (C=O) groups excluding carboxylic acids is 2. The van der Waals surface area contributed by atoms with E-state index in [0.717, 1.165) is 11.0 Å². The molecule has 3 heterocycles. The highest BCUT2D eigenvalue weighted by Gasteiger charge is 2.52. The molecule has 1 atom stereocenters. The lowest BCUT2D eigenvalue weighted by atomic mass is 9.91. The van der Waals surface area contributed by atoms with Crippen LogP contribution in [0.2, 0.25) is 5.02 Å². The molecule has 0 aliphatic carbocycles. The minimum atomic E-state index is -2.25. The SMILES string of the molecule is Cn1cnc(C(=O)c2cc(F)c3c(c2)C(=O)N(Cc2ncc(C#N)cn2)C3(O)c2ccc(Cl)cc2)c1. The molecule has 1 aliphatic heterocycles. The molecule has 11 heteroatoms. The van der Waals surface area contributed by atoms with Gasteiger partial charge in [-0.25, -0.2) is 19.3 Å². The number of aromatic nitrogens is 4. The predicted octanol–water partition coefficient (Wildman–Crippen LogP) is 2.95. The Kier molecular flexibility index (Phi) is 5.59. The first kappa shape index (κ1) is 23.3. The number of hydrogen-bond acceptors (Lipinski definition) is 7. The van der Waals surface area contributed by atoms with E-state index >= 15 is 4.39 Å². The maximum absolute atomic E-state index is 15.7. The van der Waals surface area contributed by atoms with Gasteiger partial charge in [-0.3, -0.25) is 14.5 Å². The average molecular weight is 503 g/mol. The highest BCUT2D eigenvalue weighted by Crippen LogP contribution is 2.45. The Labute approximate surface area is 209 Å². The van der Waals surface area contributed by atoms with Crippen molar-refractivity contribution in [2.24, 2.45) is 7.05 Å². The quantitative estimate of drug-likeness (QED) is 0.416. The monoisotopic (exact) mass is 502 g/mol. The van der Waals surface area contributed by atoms with E-state index in [1.807, 2.05) is 6.07 Å². The zero-order valence-electron chi connectivity index (χ0n) is 18.7. The van der Waals surface area contributed by atoms with Crippen molar-refractivity contribution in [3.63, 3.8) is 0 Å². The van der Waals surface area contributed by atoms with E-state index in [9.17, 15) is 14.7 Å². The average Bonchev–Trinajstić information content (AvgIpc) is 3.40. The number of rotatable bonds is 5. The first-order valence-electron chi connectivity index (χ1n) is 10.6. The second kappa shape index (κ2) is 8.64. The zero-order chi connectivity index (χ0) is 25.6. The van der Waals surface area contributed by atoms with Gasteiger partial charge in [-0.15, -0.1) is 0 Å². The second-order valence-electron chi connectivity index (χ2n) is 8.20. The molecular formula is C25H16ClFN6O3. The molecule has 9 nitrogen and oxygen atoms in total. The van der Waals surface area contributed by atoms with Gasteiger partial charge < -0.3 is 9.67 Å². The number of benzene rings is 2. The molecule has 2 aromatic heterocycles. The number of amides is 1. The van der Waals surface area contributed by atoms with Crippen LogP contribution >= 0.6 is 11.6 Å². The third kappa shape index (κ3) is 3.71. The van der Waals surface area contributed by atoms with E-state index < -0.39 is 23.2 Å². The van der Waals surface area contributed by atoms with Gasteiger partial charge in [0.25, 0.3) is 5.91 Å². The highest BCUT2D eigenvalue weighted by atomic mass is 35.5. The highest BCUT2D eigenvalue weighted by molar-refractivity contribution is 6.30. The summed E-state index contributed by atoms with van der Waals surface area (Å²) >= 11 is 6.01. The number of nitrogens with zero attached hydrogens (tertiary/aromatic N) is 6. The van der Waals surface area contributed by atoms with E-state index in [2.05, 4.69) is 15.0 Å². The maximum atomic E-state index is 15.7. The van der Waals surface area contributed by atoms with Crippen molar-refractivity contribution in [1.82, 2.24) is 24.4 Å². The minimum absolute atomic E-state index is 0.0816. The van der Waals surface area contributed by atoms with Crippen molar-refractivity contribution in [1.29, 1.82) is 5.26 Å². The molecule has 5 rings (SSSR count). The first-order chi connectivity index (χ1) is 17.2. The van der Waals surface area contributed by atoms with Crippen LogP contribution in [0.25, 0.3) is 0 Å².